The lowest BCUT2D eigenvalue weighted by atomic mass is 10.1. The predicted octanol–water partition coefficient (Wildman–Crippen LogP) is 6.61. The van der Waals surface area contributed by atoms with Crippen molar-refractivity contribution in [1.82, 2.24) is 9.55 Å². The Balaban J connectivity index is 1.47. The van der Waals surface area contributed by atoms with Crippen LogP contribution in [0, 0.1) is 6.92 Å². The summed E-state index contributed by atoms with van der Waals surface area (Å²) in [6, 6.07) is 23.7. The minimum Gasteiger partial charge on any atom is -0.292 e. The molecule has 1 amide bonds. The molecule has 204 valence electrons. The molecule has 0 fully saturated rings. The Kier molecular flexibility index (Phi) is 8.35. The van der Waals surface area contributed by atoms with Gasteiger partial charge in [0.1, 0.15) is 10.8 Å². The van der Waals surface area contributed by atoms with Crippen molar-refractivity contribution in [3.05, 3.63) is 117 Å². The van der Waals surface area contributed by atoms with Crippen molar-refractivity contribution >= 4 is 44.4 Å². The third kappa shape index (κ3) is 5.67. The van der Waals surface area contributed by atoms with Crippen LogP contribution in [0.2, 0.25) is 0 Å². The standard InChI is InChI=1S/C31H29N3O4S2/c1-3-4-10-28-32-27-16-11-21(2)19-26(27)30(36)33(28)20-22-12-14-23(15-13-22)25-17-18-39-31(25)34(40(37)38)29(35)24-8-6-5-7-9-24/h5-9,11-19H,3-4,10,20H2,1-2H3,(H,37,38). The maximum atomic E-state index is 13.5. The average Bonchev–Trinajstić information content (AvgIpc) is 3.44. The molecule has 5 rings (SSSR count). The number of anilines is 1. The molecule has 9 heteroatoms. The molecule has 0 spiro atoms. The maximum absolute atomic E-state index is 13.5. The number of benzene rings is 3. The van der Waals surface area contributed by atoms with Crippen LogP contribution in [0.25, 0.3) is 22.0 Å². The summed E-state index contributed by atoms with van der Waals surface area (Å²) in [5.74, 6) is 0.215. The van der Waals surface area contributed by atoms with Crippen LogP contribution in [-0.2, 0) is 24.2 Å². The van der Waals surface area contributed by atoms with Crippen molar-refractivity contribution < 1.29 is 13.6 Å². The first kappa shape index (κ1) is 27.6. The van der Waals surface area contributed by atoms with Gasteiger partial charge in [0.2, 0.25) is 0 Å². The largest absolute Gasteiger partial charge is 0.292 e. The van der Waals surface area contributed by atoms with Gasteiger partial charge in [-0.15, -0.1) is 11.3 Å². The van der Waals surface area contributed by atoms with Crippen molar-refractivity contribution in [1.29, 1.82) is 0 Å². The second-order valence-electron chi connectivity index (χ2n) is 9.58. The van der Waals surface area contributed by atoms with Gasteiger partial charge in [-0.2, -0.15) is 4.31 Å². The molecule has 5 aromatic rings. The number of fused-ring (bicyclic) bond motifs is 1. The Hall–Kier alpha value is -3.92. The quantitative estimate of drug-likeness (QED) is 0.201. The van der Waals surface area contributed by atoms with E-state index in [0.717, 1.165) is 46.1 Å². The van der Waals surface area contributed by atoms with Crippen molar-refractivity contribution in [2.24, 2.45) is 0 Å². The molecule has 0 saturated carbocycles. The van der Waals surface area contributed by atoms with E-state index in [9.17, 15) is 18.4 Å². The Morgan fingerprint density at radius 1 is 1.05 bits per heavy atom. The van der Waals surface area contributed by atoms with E-state index in [0.29, 0.717) is 33.6 Å². The summed E-state index contributed by atoms with van der Waals surface area (Å²) >= 11 is -1.33. The third-order valence-electron chi connectivity index (χ3n) is 6.74. The van der Waals surface area contributed by atoms with E-state index in [-0.39, 0.29) is 5.56 Å². The van der Waals surface area contributed by atoms with Crippen molar-refractivity contribution in [3.8, 4) is 11.1 Å². The first-order chi connectivity index (χ1) is 19.4. The fraction of sp³-hybridized carbons (Fsp3) is 0.194. The average molecular weight is 572 g/mol. The van der Waals surface area contributed by atoms with E-state index >= 15 is 0 Å². The van der Waals surface area contributed by atoms with Crippen LogP contribution in [0.4, 0.5) is 5.00 Å². The fourth-order valence-electron chi connectivity index (χ4n) is 4.65. The minimum absolute atomic E-state index is 0.0514. The highest BCUT2D eigenvalue weighted by Crippen LogP contribution is 2.37. The summed E-state index contributed by atoms with van der Waals surface area (Å²) in [6.45, 7) is 4.46. The number of hydrogen-bond acceptors (Lipinski definition) is 5. The number of thiophene rings is 1. The predicted molar refractivity (Wildman–Crippen MR) is 162 cm³/mol. The van der Waals surface area contributed by atoms with Gasteiger partial charge in [-0.3, -0.25) is 18.7 Å². The van der Waals surface area contributed by atoms with Crippen LogP contribution >= 0.6 is 11.3 Å². The monoisotopic (exact) mass is 571 g/mol. The molecule has 7 nitrogen and oxygen atoms in total. The molecule has 3 aromatic carbocycles. The molecule has 1 atom stereocenters. The van der Waals surface area contributed by atoms with E-state index in [4.69, 9.17) is 4.98 Å². The van der Waals surface area contributed by atoms with Crippen LogP contribution in [0.15, 0.2) is 89.0 Å². The molecule has 0 bridgehead atoms. The van der Waals surface area contributed by atoms with Gasteiger partial charge in [0.15, 0.2) is 0 Å². The number of aromatic nitrogens is 2. The fourth-order valence-corrected chi connectivity index (χ4v) is 6.28. The summed E-state index contributed by atoms with van der Waals surface area (Å²) < 4.78 is 25.0. The zero-order chi connectivity index (χ0) is 28.2. The van der Waals surface area contributed by atoms with Crippen LogP contribution < -0.4 is 9.86 Å². The Bertz CT molecular complexity index is 1740. The maximum Gasteiger partial charge on any atom is 0.272 e. The van der Waals surface area contributed by atoms with E-state index in [1.165, 1.54) is 11.3 Å². The van der Waals surface area contributed by atoms with E-state index in [1.54, 1.807) is 40.3 Å². The lowest BCUT2D eigenvalue weighted by Gasteiger charge is -2.18. The normalized spacial score (nSPS) is 12.0. The van der Waals surface area contributed by atoms with Crippen LogP contribution in [0.5, 0.6) is 0 Å². The minimum atomic E-state index is -2.55. The lowest BCUT2D eigenvalue weighted by Crippen LogP contribution is -2.32. The van der Waals surface area contributed by atoms with Gasteiger partial charge in [0.25, 0.3) is 22.7 Å². The molecule has 0 aliphatic rings. The summed E-state index contributed by atoms with van der Waals surface area (Å²) in [5.41, 5.74) is 4.40. The number of rotatable bonds is 9. The number of hydrogen-bond donors (Lipinski definition) is 1. The SMILES string of the molecule is CCCCc1nc2ccc(C)cc2c(=O)n1Cc1ccc(-c2ccsc2N(C(=O)c2ccccc2)S(=O)O)cc1. The summed E-state index contributed by atoms with van der Waals surface area (Å²) in [6.07, 6.45) is 2.66. The summed E-state index contributed by atoms with van der Waals surface area (Å²) in [5, 5.41) is 2.79. The molecule has 1 N–H and O–H groups in total. The molecule has 2 heterocycles. The molecule has 0 aliphatic carbocycles. The first-order valence-electron chi connectivity index (χ1n) is 13.0. The highest BCUT2D eigenvalue weighted by Gasteiger charge is 2.27. The van der Waals surface area contributed by atoms with Gasteiger partial charge in [-0.1, -0.05) is 67.4 Å². The molecular formula is C31H29N3O4S2. The van der Waals surface area contributed by atoms with Gasteiger partial charge in [-0.05, 0) is 60.2 Å². The van der Waals surface area contributed by atoms with E-state index in [1.807, 2.05) is 55.5 Å². The molecular weight excluding hydrogens is 542 g/mol. The van der Waals surface area contributed by atoms with Crippen LogP contribution in [-0.4, -0.2) is 24.2 Å². The van der Waals surface area contributed by atoms with Crippen LogP contribution in [0.1, 0.15) is 47.1 Å². The molecule has 0 saturated heterocycles. The number of nitrogens with zero attached hydrogens (tertiary/aromatic N) is 3. The topological polar surface area (TPSA) is 92.5 Å². The first-order valence-corrected chi connectivity index (χ1v) is 15.0. The number of amides is 1. The Morgan fingerprint density at radius 3 is 2.50 bits per heavy atom. The van der Waals surface area contributed by atoms with Crippen molar-refractivity contribution in [3.63, 3.8) is 0 Å². The van der Waals surface area contributed by atoms with E-state index < -0.39 is 17.2 Å². The highest BCUT2D eigenvalue weighted by atomic mass is 32.2. The van der Waals surface area contributed by atoms with Gasteiger partial charge in [-0.25, -0.2) is 9.19 Å². The molecule has 40 heavy (non-hydrogen) atoms. The van der Waals surface area contributed by atoms with Gasteiger partial charge in [0, 0.05) is 17.5 Å². The van der Waals surface area contributed by atoms with Gasteiger partial charge >= 0.3 is 0 Å². The smallest absolute Gasteiger partial charge is 0.272 e. The number of carbonyl (C=O) groups excluding carboxylic acids is 1. The van der Waals surface area contributed by atoms with Gasteiger partial charge < -0.3 is 0 Å². The molecule has 0 aliphatic heterocycles. The van der Waals surface area contributed by atoms with Crippen molar-refractivity contribution in [2.75, 3.05) is 4.31 Å². The lowest BCUT2D eigenvalue weighted by molar-refractivity contribution is 0.101. The summed E-state index contributed by atoms with van der Waals surface area (Å²) in [7, 11) is 0. The summed E-state index contributed by atoms with van der Waals surface area (Å²) in [4.78, 5) is 31.5. The highest BCUT2D eigenvalue weighted by molar-refractivity contribution is 7.82. The number of aryl methyl sites for hydroxylation is 2. The van der Waals surface area contributed by atoms with Crippen molar-refractivity contribution in [2.45, 2.75) is 39.7 Å². The van der Waals surface area contributed by atoms with Gasteiger partial charge in [0.05, 0.1) is 17.4 Å². The third-order valence-corrected chi connectivity index (χ3v) is 8.41. The number of carbonyl (C=O) groups is 1. The zero-order valence-corrected chi connectivity index (χ0v) is 23.9. The zero-order valence-electron chi connectivity index (χ0n) is 22.2. The molecule has 0 radical (unpaired) electrons. The number of unbranched alkanes of at least 4 members (excludes halogenated alkanes) is 1. The Morgan fingerprint density at radius 2 is 1.80 bits per heavy atom. The molecule has 2 aromatic heterocycles. The second kappa shape index (κ2) is 12.1. The second-order valence-corrected chi connectivity index (χ2v) is 11.3. The van der Waals surface area contributed by atoms with E-state index in [2.05, 4.69) is 6.92 Å². The van der Waals surface area contributed by atoms with Crippen LogP contribution in [0.3, 0.4) is 0 Å². The Labute approximate surface area is 239 Å². The molecule has 1 unspecified atom stereocenters.